The van der Waals surface area contributed by atoms with Crippen LogP contribution in [0.5, 0.6) is 11.5 Å². The normalized spacial score (nSPS) is 10.3. The quantitative estimate of drug-likeness (QED) is 0.612. The lowest BCUT2D eigenvalue weighted by Crippen LogP contribution is -2.12. The van der Waals surface area contributed by atoms with Gasteiger partial charge in [0.15, 0.2) is 0 Å². The van der Waals surface area contributed by atoms with Crippen LogP contribution in [0.1, 0.15) is 16.7 Å². The Labute approximate surface area is 103 Å². The van der Waals surface area contributed by atoms with Crippen molar-refractivity contribution < 1.29 is 9.47 Å². The highest BCUT2D eigenvalue weighted by Gasteiger charge is 2.13. The van der Waals surface area contributed by atoms with Gasteiger partial charge in [0.2, 0.25) is 0 Å². The fraction of sp³-hybridized carbons (Fsp3) is 0.500. The zero-order valence-electron chi connectivity index (χ0n) is 10.3. The third kappa shape index (κ3) is 2.62. The lowest BCUT2D eigenvalue weighted by atomic mass is 10.0. The van der Waals surface area contributed by atoms with Gasteiger partial charge in [0, 0.05) is 18.0 Å². The van der Waals surface area contributed by atoms with Gasteiger partial charge in [-0.1, -0.05) is 0 Å². The van der Waals surface area contributed by atoms with Crippen molar-refractivity contribution in [3.63, 3.8) is 0 Å². The summed E-state index contributed by atoms with van der Waals surface area (Å²) in [6.45, 7) is 4.80. The van der Waals surface area contributed by atoms with Crippen molar-refractivity contribution in [3.05, 3.63) is 22.8 Å². The standard InChI is InChI=1S/C12H19NO2S/c1-8-9(2)12(15-4)10(6-13-7-16)5-11(8)14-3/h5,13,16H,6-7H2,1-4H3. The van der Waals surface area contributed by atoms with Gasteiger partial charge in [-0.05, 0) is 31.0 Å². The SMILES string of the molecule is COc1cc(CNCS)c(OC)c(C)c1C. The van der Waals surface area contributed by atoms with E-state index in [2.05, 4.69) is 17.9 Å². The van der Waals surface area contributed by atoms with Crippen LogP contribution < -0.4 is 14.8 Å². The molecule has 0 aliphatic carbocycles. The molecule has 0 aromatic heterocycles. The van der Waals surface area contributed by atoms with Gasteiger partial charge in [-0.2, -0.15) is 12.6 Å². The average molecular weight is 241 g/mol. The zero-order valence-corrected chi connectivity index (χ0v) is 11.1. The van der Waals surface area contributed by atoms with Gasteiger partial charge in [0.05, 0.1) is 14.2 Å². The molecule has 0 bridgehead atoms. The van der Waals surface area contributed by atoms with Crippen molar-refractivity contribution in [3.8, 4) is 11.5 Å². The second-order valence-corrected chi connectivity index (χ2v) is 3.92. The van der Waals surface area contributed by atoms with Crippen molar-refractivity contribution >= 4 is 12.6 Å². The molecule has 0 unspecified atom stereocenters. The minimum Gasteiger partial charge on any atom is -0.496 e. The number of thiol groups is 1. The number of ether oxygens (including phenoxy) is 2. The lowest BCUT2D eigenvalue weighted by Gasteiger charge is -2.16. The van der Waals surface area contributed by atoms with E-state index in [-0.39, 0.29) is 0 Å². The molecule has 0 amide bonds. The largest absolute Gasteiger partial charge is 0.496 e. The minimum absolute atomic E-state index is 0.637. The first-order valence-electron chi connectivity index (χ1n) is 5.18. The summed E-state index contributed by atoms with van der Waals surface area (Å²) in [6.07, 6.45) is 0. The van der Waals surface area contributed by atoms with Gasteiger partial charge in [0.1, 0.15) is 11.5 Å². The van der Waals surface area contributed by atoms with E-state index in [1.807, 2.05) is 19.9 Å². The van der Waals surface area contributed by atoms with Crippen molar-refractivity contribution in [2.24, 2.45) is 0 Å². The van der Waals surface area contributed by atoms with E-state index in [0.29, 0.717) is 5.88 Å². The summed E-state index contributed by atoms with van der Waals surface area (Å²) in [4.78, 5) is 0. The third-order valence-electron chi connectivity index (χ3n) is 2.72. The molecule has 4 heteroatoms. The Morgan fingerprint density at radius 1 is 1.19 bits per heavy atom. The highest BCUT2D eigenvalue weighted by molar-refractivity contribution is 7.80. The van der Waals surface area contributed by atoms with E-state index in [9.17, 15) is 0 Å². The van der Waals surface area contributed by atoms with Crippen LogP contribution in [-0.4, -0.2) is 20.1 Å². The molecular formula is C12H19NO2S. The predicted octanol–water partition coefficient (Wildman–Crippen LogP) is 2.30. The topological polar surface area (TPSA) is 30.5 Å². The first kappa shape index (κ1) is 13.2. The maximum absolute atomic E-state index is 5.43. The molecule has 0 aliphatic rings. The molecular weight excluding hydrogens is 222 g/mol. The average Bonchev–Trinajstić information content (AvgIpc) is 2.30. The Bertz CT molecular complexity index is 367. The second-order valence-electron chi connectivity index (χ2n) is 3.61. The van der Waals surface area contributed by atoms with Crippen LogP contribution in [0, 0.1) is 13.8 Å². The summed E-state index contributed by atoms with van der Waals surface area (Å²) in [5.74, 6) is 2.46. The van der Waals surface area contributed by atoms with Crippen LogP contribution in [0.25, 0.3) is 0 Å². The van der Waals surface area contributed by atoms with Gasteiger partial charge in [0.25, 0.3) is 0 Å². The van der Waals surface area contributed by atoms with Crippen molar-refractivity contribution in [1.82, 2.24) is 5.32 Å². The molecule has 0 radical (unpaired) electrons. The first-order chi connectivity index (χ1) is 7.65. The fourth-order valence-electron chi connectivity index (χ4n) is 1.75. The van der Waals surface area contributed by atoms with Gasteiger partial charge < -0.3 is 14.8 Å². The summed E-state index contributed by atoms with van der Waals surface area (Å²) in [6, 6.07) is 2.01. The van der Waals surface area contributed by atoms with E-state index in [1.165, 1.54) is 0 Å². The Hall–Kier alpha value is -0.870. The summed E-state index contributed by atoms with van der Waals surface area (Å²) < 4.78 is 10.8. The van der Waals surface area contributed by atoms with Gasteiger partial charge in [-0.25, -0.2) is 0 Å². The Morgan fingerprint density at radius 2 is 1.88 bits per heavy atom. The Balaban J connectivity index is 3.18. The molecule has 1 N–H and O–H groups in total. The molecule has 1 aromatic carbocycles. The van der Waals surface area contributed by atoms with Crippen LogP contribution in [0.2, 0.25) is 0 Å². The van der Waals surface area contributed by atoms with Gasteiger partial charge in [-0.15, -0.1) is 0 Å². The molecule has 0 atom stereocenters. The van der Waals surface area contributed by atoms with Crippen molar-refractivity contribution in [1.29, 1.82) is 0 Å². The number of hydrogen-bond acceptors (Lipinski definition) is 4. The summed E-state index contributed by atoms with van der Waals surface area (Å²) in [5.41, 5.74) is 3.34. The van der Waals surface area contributed by atoms with Gasteiger partial charge >= 0.3 is 0 Å². The maximum atomic E-state index is 5.43. The van der Waals surface area contributed by atoms with Gasteiger partial charge in [-0.3, -0.25) is 0 Å². The molecule has 1 aromatic rings. The number of benzene rings is 1. The van der Waals surface area contributed by atoms with Crippen LogP contribution >= 0.6 is 12.6 Å². The Kier molecular flexibility index (Phi) is 4.96. The van der Waals surface area contributed by atoms with E-state index in [4.69, 9.17) is 9.47 Å². The number of hydrogen-bond donors (Lipinski definition) is 2. The van der Waals surface area contributed by atoms with Crippen molar-refractivity contribution in [2.45, 2.75) is 20.4 Å². The highest BCUT2D eigenvalue weighted by atomic mass is 32.1. The first-order valence-corrected chi connectivity index (χ1v) is 5.81. The third-order valence-corrected chi connectivity index (χ3v) is 2.94. The molecule has 0 aliphatic heterocycles. The monoisotopic (exact) mass is 241 g/mol. The molecule has 0 saturated carbocycles. The van der Waals surface area contributed by atoms with Crippen LogP contribution in [0.4, 0.5) is 0 Å². The van der Waals surface area contributed by atoms with Crippen LogP contribution in [-0.2, 0) is 6.54 Å². The maximum Gasteiger partial charge on any atom is 0.126 e. The minimum atomic E-state index is 0.637. The molecule has 1 rings (SSSR count). The molecule has 0 fully saturated rings. The molecule has 0 spiro atoms. The smallest absolute Gasteiger partial charge is 0.126 e. The highest BCUT2D eigenvalue weighted by Crippen LogP contribution is 2.33. The zero-order chi connectivity index (χ0) is 12.1. The molecule has 0 saturated heterocycles. The number of nitrogens with one attached hydrogen (secondary N) is 1. The second kappa shape index (κ2) is 6.01. The number of rotatable bonds is 5. The van der Waals surface area contributed by atoms with E-state index in [0.717, 1.165) is 34.7 Å². The number of methoxy groups -OCH3 is 2. The molecule has 3 nitrogen and oxygen atoms in total. The summed E-state index contributed by atoms with van der Waals surface area (Å²) in [5, 5.41) is 3.17. The summed E-state index contributed by atoms with van der Waals surface area (Å²) >= 11 is 4.13. The molecule has 0 heterocycles. The van der Waals surface area contributed by atoms with E-state index >= 15 is 0 Å². The molecule has 90 valence electrons. The summed E-state index contributed by atoms with van der Waals surface area (Å²) in [7, 11) is 3.38. The van der Waals surface area contributed by atoms with Crippen LogP contribution in [0.15, 0.2) is 6.07 Å². The van der Waals surface area contributed by atoms with Crippen LogP contribution in [0.3, 0.4) is 0 Å². The van der Waals surface area contributed by atoms with E-state index in [1.54, 1.807) is 14.2 Å². The Morgan fingerprint density at radius 3 is 2.38 bits per heavy atom. The lowest BCUT2D eigenvalue weighted by molar-refractivity contribution is 0.392. The fourth-order valence-corrected chi connectivity index (χ4v) is 1.86. The van der Waals surface area contributed by atoms with Crippen molar-refractivity contribution in [2.75, 3.05) is 20.1 Å². The molecule has 16 heavy (non-hydrogen) atoms. The van der Waals surface area contributed by atoms with E-state index < -0.39 is 0 Å². The predicted molar refractivity (Wildman–Crippen MR) is 69.7 cm³/mol.